The Morgan fingerprint density at radius 3 is 2.34 bits per heavy atom. The van der Waals surface area contributed by atoms with Crippen LogP contribution < -0.4 is 25.3 Å². The SMILES string of the molecule is COc1cc(OC(F)(F)F)ccc1Oc1ccc(Cl)c(F)c1C(=O)N/C(C=CC(N)=O)=C(\C)[CH]=[Ni]. The molecule has 35 heavy (non-hydrogen) atoms. The number of primary amides is 1. The first kappa shape index (κ1) is 27.9. The number of nitrogens with one attached hydrogen (secondary N) is 1. The Morgan fingerprint density at radius 2 is 1.77 bits per heavy atom. The number of carbonyl (C=O) groups is 2. The van der Waals surface area contributed by atoms with Crippen LogP contribution in [0.25, 0.3) is 0 Å². The van der Waals surface area contributed by atoms with Crippen LogP contribution in [0.2, 0.25) is 5.02 Å². The maximum atomic E-state index is 14.9. The van der Waals surface area contributed by atoms with Crippen LogP contribution in [-0.4, -0.2) is 30.3 Å². The molecule has 190 valence electrons. The Balaban J connectivity index is 2.49. The van der Waals surface area contributed by atoms with Crippen LogP contribution in [0.4, 0.5) is 17.6 Å². The molecule has 2 rings (SSSR count). The summed E-state index contributed by atoms with van der Waals surface area (Å²) < 4.78 is 66.8. The molecule has 0 bridgehead atoms. The Hall–Kier alpha value is -3.37. The van der Waals surface area contributed by atoms with Crippen LogP contribution in [0.15, 0.2) is 53.8 Å². The fourth-order valence-electron chi connectivity index (χ4n) is 2.55. The summed E-state index contributed by atoms with van der Waals surface area (Å²) in [6.45, 7) is 1.53. The molecule has 0 aliphatic heterocycles. The fourth-order valence-corrected chi connectivity index (χ4v) is 2.86. The molecular weight excluding hydrogens is 542 g/mol. The van der Waals surface area contributed by atoms with Crippen LogP contribution in [0.5, 0.6) is 23.0 Å². The average molecular weight is 560 g/mol. The summed E-state index contributed by atoms with van der Waals surface area (Å²) >= 11 is 10.4. The molecule has 0 aromatic heterocycles. The molecular formula is C22H17ClF4N2NiO5. The standard InChI is InChI=1S/C22H17ClF4N2O5.Ni/c1-11(2)14(6-9-18(28)30)29-21(31)19-16(8-5-13(23)20(19)24)33-15-7-4-12(10-17(15)32-3)34-22(25,26)27;/h1,4-10H,2-3H3,(H2,28,30)(H,29,31);/b9-6?,14-11-;. The quantitative estimate of drug-likeness (QED) is 0.203. The van der Waals surface area contributed by atoms with Gasteiger partial charge in [0, 0.05) is 0 Å². The van der Waals surface area contributed by atoms with Gasteiger partial charge in [0.2, 0.25) is 0 Å². The topological polar surface area (TPSA) is 99.9 Å². The summed E-state index contributed by atoms with van der Waals surface area (Å²) in [5.74, 6) is -4.25. The van der Waals surface area contributed by atoms with Gasteiger partial charge in [-0.25, -0.2) is 0 Å². The fraction of sp³-hybridized carbons (Fsp3) is 0.136. The number of alkyl halides is 3. The van der Waals surface area contributed by atoms with E-state index in [1.54, 1.807) is 0 Å². The van der Waals surface area contributed by atoms with Crippen LogP contribution in [0.1, 0.15) is 17.3 Å². The second-order valence-electron chi connectivity index (χ2n) is 6.57. The van der Waals surface area contributed by atoms with Gasteiger partial charge < -0.3 is 4.74 Å². The number of carbonyl (C=O) groups excluding carboxylic acids is 2. The zero-order chi connectivity index (χ0) is 26.3. The first-order chi connectivity index (χ1) is 16.4. The molecule has 2 aromatic rings. The monoisotopic (exact) mass is 558 g/mol. The minimum atomic E-state index is -4.94. The summed E-state index contributed by atoms with van der Waals surface area (Å²) in [6.07, 6.45) is -2.80. The number of halogens is 5. The zero-order valence-electron chi connectivity index (χ0n) is 17.9. The van der Waals surface area contributed by atoms with E-state index >= 15 is 0 Å². The predicted molar refractivity (Wildman–Crippen MR) is 116 cm³/mol. The van der Waals surface area contributed by atoms with Crippen LogP contribution in [0.3, 0.4) is 0 Å². The van der Waals surface area contributed by atoms with Crippen LogP contribution >= 0.6 is 11.6 Å². The van der Waals surface area contributed by atoms with Crippen molar-refractivity contribution in [3.63, 3.8) is 0 Å². The van der Waals surface area contributed by atoms with Gasteiger partial charge in [0.15, 0.2) is 0 Å². The van der Waals surface area contributed by atoms with E-state index in [1.165, 1.54) is 24.1 Å². The molecule has 0 radical (unpaired) electrons. The second-order valence-corrected chi connectivity index (χ2v) is 7.27. The van der Waals surface area contributed by atoms with Gasteiger partial charge in [0.1, 0.15) is 0 Å². The van der Waals surface area contributed by atoms with Crippen molar-refractivity contribution in [1.82, 2.24) is 5.32 Å². The Bertz CT molecular complexity index is 1220. The third-order valence-electron chi connectivity index (χ3n) is 4.10. The van der Waals surface area contributed by atoms with Gasteiger partial charge in [0.05, 0.1) is 0 Å². The third kappa shape index (κ3) is 7.83. The molecule has 0 saturated heterocycles. The van der Waals surface area contributed by atoms with Crippen molar-refractivity contribution in [2.24, 2.45) is 5.73 Å². The van der Waals surface area contributed by atoms with E-state index in [0.29, 0.717) is 5.57 Å². The predicted octanol–water partition coefficient (Wildman–Crippen LogP) is 4.57. The molecule has 2 amide bonds. The van der Waals surface area contributed by atoms with Gasteiger partial charge in [-0.2, -0.15) is 0 Å². The van der Waals surface area contributed by atoms with Gasteiger partial charge in [-0.05, 0) is 0 Å². The first-order valence-electron chi connectivity index (χ1n) is 9.35. The molecule has 0 aliphatic rings. The van der Waals surface area contributed by atoms with E-state index < -0.39 is 40.3 Å². The van der Waals surface area contributed by atoms with E-state index in [-0.39, 0.29) is 22.9 Å². The Morgan fingerprint density at radius 1 is 1.11 bits per heavy atom. The van der Waals surface area contributed by atoms with Crippen molar-refractivity contribution in [2.45, 2.75) is 13.3 Å². The van der Waals surface area contributed by atoms with E-state index in [0.717, 1.165) is 37.5 Å². The molecule has 0 saturated carbocycles. The van der Waals surface area contributed by atoms with Crippen molar-refractivity contribution >= 4 is 28.4 Å². The number of methoxy groups -OCH3 is 1. The number of ether oxygens (including phenoxy) is 3. The molecule has 7 nitrogen and oxygen atoms in total. The summed E-state index contributed by atoms with van der Waals surface area (Å²) in [5.41, 5.74) is 4.85. The van der Waals surface area contributed by atoms with Gasteiger partial charge in [-0.15, -0.1) is 13.2 Å². The maximum absolute atomic E-state index is 14.9. The van der Waals surface area contributed by atoms with Gasteiger partial charge in [0.25, 0.3) is 0 Å². The molecule has 0 heterocycles. The molecule has 0 aliphatic carbocycles. The van der Waals surface area contributed by atoms with Crippen LogP contribution in [-0.2, 0) is 19.8 Å². The van der Waals surface area contributed by atoms with Crippen molar-refractivity contribution < 1.29 is 56.4 Å². The molecule has 0 spiro atoms. The summed E-state index contributed by atoms with van der Waals surface area (Å²) in [4.78, 5) is 25.3. The molecule has 3 N–H and O–H groups in total. The van der Waals surface area contributed by atoms with E-state index in [9.17, 15) is 27.2 Å². The number of amides is 2. The molecule has 2 aromatic carbocycles. The van der Waals surface area contributed by atoms with Gasteiger partial charge in [-0.3, -0.25) is 0 Å². The number of allylic oxidation sites excluding steroid dienone is 2. The van der Waals surface area contributed by atoms with Crippen LogP contribution in [0, 0.1) is 5.82 Å². The molecule has 0 unspecified atom stereocenters. The summed E-state index contributed by atoms with van der Waals surface area (Å²) in [7, 11) is 1.16. The molecule has 13 heteroatoms. The Kier molecular flexibility index (Phi) is 9.44. The normalized spacial score (nSPS) is 12.1. The minimum absolute atomic E-state index is 0.0524. The van der Waals surface area contributed by atoms with Crippen molar-refractivity contribution in [1.29, 1.82) is 0 Å². The van der Waals surface area contributed by atoms with E-state index in [2.05, 4.69) is 25.1 Å². The molecule has 0 fully saturated rings. The molecule has 0 atom stereocenters. The third-order valence-corrected chi connectivity index (χ3v) is 4.82. The first-order valence-corrected chi connectivity index (χ1v) is 10.3. The number of hydrogen-bond acceptors (Lipinski definition) is 5. The van der Waals surface area contributed by atoms with Gasteiger partial charge >= 0.3 is 191 Å². The number of hydrogen-bond donors (Lipinski definition) is 2. The summed E-state index contributed by atoms with van der Waals surface area (Å²) in [6, 6.07) is 5.21. The van der Waals surface area contributed by atoms with Crippen molar-refractivity contribution in [3.05, 3.63) is 70.2 Å². The zero-order valence-corrected chi connectivity index (χ0v) is 19.7. The number of rotatable bonds is 9. The van der Waals surface area contributed by atoms with Gasteiger partial charge in [-0.1, -0.05) is 0 Å². The van der Waals surface area contributed by atoms with E-state index in [1.807, 2.05) is 0 Å². The average Bonchev–Trinajstić information content (AvgIpc) is 2.78. The Labute approximate surface area is 209 Å². The van der Waals surface area contributed by atoms with Crippen molar-refractivity contribution in [2.75, 3.05) is 7.11 Å². The number of benzene rings is 2. The summed E-state index contributed by atoms with van der Waals surface area (Å²) in [5, 5.41) is 1.99. The number of nitrogens with two attached hydrogens (primary N) is 1. The second kappa shape index (κ2) is 11.9. The van der Waals surface area contributed by atoms with E-state index in [4.69, 9.17) is 26.8 Å². The van der Waals surface area contributed by atoms with Crippen molar-refractivity contribution in [3.8, 4) is 23.0 Å².